The Kier molecular flexibility index (Phi) is 5.03. The second kappa shape index (κ2) is 6.79. The zero-order chi connectivity index (χ0) is 16.2. The SMILES string of the molecule is CC(C)(C)OC(=O)N1CCC1C(=O)NOCc1ccccc1. The van der Waals surface area contributed by atoms with Crippen LogP contribution in [0.15, 0.2) is 30.3 Å². The molecule has 1 unspecified atom stereocenters. The van der Waals surface area contributed by atoms with E-state index in [0.717, 1.165) is 5.56 Å². The Hall–Kier alpha value is -2.08. The van der Waals surface area contributed by atoms with Crippen LogP contribution in [0.2, 0.25) is 0 Å². The van der Waals surface area contributed by atoms with E-state index in [-0.39, 0.29) is 12.5 Å². The second-order valence-corrected chi connectivity index (χ2v) is 6.22. The Morgan fingerprint density at radius 2 is 1.95 bits per heavy atom. The molecule has 120 valence electrons. The van der Waals surface area contributed by atoms with Crippen molar-refractivity contribution in [2.75, 3.05) is 6.54 Å². The minimum absolute atomic E-state index is 0.283. The third-order valence-corrected chi connectivity index (χ3v) is 3.20. The normalized spacial score (nSPS) is 17.6. The standard InChI is InChI=1S/C16H22N2O4/c1-16(2,3)22-15(20)18-10-9-13(18)14(19)17-21-11-12-7-5-4-6-8-12/h4-8,13H,9-11H2,1-3H3,(H,17,19). The van der Waals surface area contributed by atoms with Crippen LogP contribution in [0, 0.1) is 0 Å². The number of nitrogens with one attached hydrogen (secondary N) is 1. The molecule has 0 aromatic heterocycles. The Morgan fingerprint density at radius 1 is 1.27 bits per heavy atom. The fourth-order valence-electron chi connectivity index (χ4n) is 2.03. The van der Waals surface area contributed by atoms with E-state index in [1.807, 2.05) is 30.3 Å². The zero-order valence-corrected chi connectivity index (χ0v) is 13.2. The van der Waals surface area contributed by atoms with Gasteiger partial charge < -0.3 is 4.74 Å². The highest BCUT2D eigenvalue weighted by Gasteiger charge is 2.40. The highest BCUT2D eigenvalue weighted by atomic mass is 16.7. The lowest BCUT2D eigenvalue weighted by molar-refractivity contribution is -0.144. The molecule has 0 aliphatic carbocycles. The van der Waals surface area contributed by atoms with Gasteiger partial charge in [-0.05, 0) is 32.8 Å². The molecular weight excluding hydrogens is 284 g/mol. The van der Waals surface area contributed by atoms with E-state index >= 15 is 0 Å². The van der Waals surface area contributed by atoms with E-state index in [0.29, 0.717) is 13.0 Å². The first-order chi connectivity index (χ1) is 10.4. The summed E-state index contributed by atoms with van der Waals surface area (Å²) in [5, 5.41) is 0. The largest absolute Gasteiger partial charge is 0.444 e. The minimum Gasteiger partial charge on any atom is -0.444 e. The number of likely N-dealkylation sites (tertiary alicyclic amines) is 1. The minimum atomic E-state index is -0.572. The number of hydrogen-bond acceptors (Lipinski definition) is 4. The molecule has 1 aromatic carbocycles. The molecule has 2 rings (SSSR count). The molecular formula is C16H22N2O4. The number of benzene rings is 1. The Bertz CT molecular complexity index is 525. The molecule has 0 spiro atoms. The number of amides is 2. The van der Waals surface area contributed by atoms with Crippen molar-refractivity contribution in [2.45, 2.75) is 45.4 Å². The molecule has 1 fully saturated rings. The van der Waals surface area contributed by atoms with Gasteiger partial charge in [0.25, 0.3) is 5.91 Å². The van der Waals surface area contributed by atoms with E-state index in [1.165, 1.54) is 4.90 Å². The van der Waals surface area contributed by atoms with Crippen molar-refractivity contribution >= 4 is 12.0 Å². The summed E-state index contributed by atoms with van der Waals surface area (Å²) in [6.45, 7) is 6.19. The lowest BCUT2D eigenvalue weighted by Crippen LogP contribution is -2.59. The Labute approximate surface area is 130 Å². The van der Waals surface area contributed by atoms with Crippen LogP contribution in [-0.4, -0.2) is 35.1 Å². The highest BCUT2D eigenvalue weighted by Crippen LogP contribution is 2.21. The number of hydrogen-bond donors (Lipinski definition) is 1. The maximum atomic E-state index is 12.0. The molecule has 6 heteroatoms. The molecule has 1 atom stereocenters. The van der Waals surface area contributed by atoms with Crippen molar-refractivity contribution in [3.05, 3.63) is 35.9 Å². The van der Waals surface area contributed by atoms with Gasteiger partial charge in [0.2, 0.25) is 0 Å². The molecule has 1 aliphatic heterocycles. The molecule has 1 N–H and O–H groups in total. The van der Waals surface area contributed by atoms with E-state index < -0.39 is 17.7 Å². The number of rotatable bonds is 4. The van der Waals surface area contributed by atoms with Crippen molar-refractivity contribution in [2.24, 2.45) is 0 Å². The fraction of sp³-hybridized carbons (Fsp3) is 0.500. The molecule has 1 heterocycles. The van der Waals surface area contributed by atoms with Crippen molar-refractivity contribution in [3.63, 3.8) is 0 Å². The summed E-state index contributed by atoms with van der Waals surface area (Å²) in [4.78, 5) is 30.5. The zero-order valence-electron chi connectivity index (χ0n) is 13.2. The average molecular weight is 306 g/mol. The van der Waals surface area contributed by atoms with E-state index in [2.05, 4.69) is 5.48 Å². The first kappa shape index (κ1) is 16.3. The molecule has 1 aliphatic rings. The second-order valence-electron chi connectivity index (χ2n) is 6.22. The van der Waals surface area contributed by atoms with Gasteiger partial charge in [-0.1, -0.05) is 30.3 Å². The first-order valence-corrected chi connectivity index (χ1v) is 7.32. The van der Waals surface area contributed by atoms with Gasteiger partial charge in [0.15, 0.2) is 0 Å². The predicted octanol–water partition coefficient (Wildman–Crippen LogP) is 2.24. The first-order valence-electron chi connectivity index (χ1n) is 7.32. The fourth-order valence-corrected chi connectivity index (χ4v) is 2.03. The van der Waals surface area contributed by atoms with E-state index in [1.54, 1.807) is 20.8 Å². The lowest BCUT2D eigenvalue weighted by Gasteiger charge is -2.39. The van der Waals surface area contributed by atoms with Crippen LogP contribution in [0.5, 0.6) is 0 Å². The summed E-state index contributed by atoms with van der Waals surface area (Å²) >= 11 is 0. The van der Waals surface area contributed by atoms with Crippen molar-refractivity contribution in [1.29, 1.82) is 0 Å². The van der Waals surface area contributed by atoms with Crippen LogP contribution < -0.4 is 5.48 Å². The van der Waals surface area contributed by atoms with Crippen LogP contribution in [0.3, 0.4) is 0 Å². The van der Waals surface area contributed by atoms with Crippen molar-refractivity contribution in [1.82, 2.24) is 10.4 Å². The molecule has 0 bridgehead atoms. The molecule has 0 saturated carbocycles. The smallest absolute Gasteiger partial charge is 0.410 e. The molecule has 1 saturated heterocycles. The van der Waals surface area contributed by atoms with Gasteiger partial charge in [-0.15, -0.1) is 0 Å². The average Bonchev–Trinajstić information content (AvgIpc) is 2.36. The Morgan fingerprint density at radius 3 is 2.50 bits per heavy atom. The van der Waals surface area contributed by atoms with Crippen LogP contribution in [0.1, 0.15) is 32.8 Å². The summed E-state index contributed by atoms with van der Waals surface area (Å²) in [6, 6.07) is 9.00. The third kappa shape index (κ3) is 4.46. The summed E-state index contributed by atoms with van der Waals surface area (Å²) in [7, 11) is 0. The van der Waals surface area contributed by atoms with E-state index in [4.69, 9.17) is 9.57 Å². The van der Waals surface area contributed by atoms with Crippen molar-refractivity contribution < 1.29 is 19.2 Å². The van der Waals surface area contributed by atoms with Gasteiger partial charge >= 0.3 is 6.09 Å². The molecule has 1 aromatic rings. The predicted molar refractivity (Wildman–Crippen MR) is 80.7 cm³/mol. The molecule has 2 amide bonds. The van der Waals surface area contributed by atoms with Gasteiger partial charge in [0.1, 0.15) is 11.6 Å². The summed E-state index contributed by atoms with van der Waals surface area (Å²) < 4.78 is 5.26. The maximum absolute atomic E-state index is 12.0. The van der Waals surface area contributed by atoms with Crippen LogP contribution in [0.25, 0.3) is 0 Å². The molecule has 6 nitrogen and oxygen atoms in total. The molecule has 0 radical (unpaired) electrons. The number of nitrogens with zero attached hydrogens (tertiary/aromatic N) is 1. The summed E-state index contributed by atoms with van der Waals surface area (Å²) in [5.41, 5.74) is 2.78. The lowest BCUT2D eigenvalue weighted by atomic mass is 10.0. The van der Waals surface area contributed by atoms with Crippen LogP contribution >= 0.6 is 0 Å². The van der Waals surface area contributed by atoms with Gasteiger partial charge in [0.05, 0.1) is 6.61 Å². The van der Waals surface area contributed by atoms with Crippen LogP contribution in [-0.2, 0) is 21.0 Å². The third-order valence-electron chi connectivity index (χ3n) is 3.20. The summed E-state index contributed by atoms with van der Waals surface area (Å²) in [5.74, 6) is -0.326. The topological polar surface area (TPSA) is 67.9 Å². The highest BCUT2D eigenvalue weighted by molar-refractivity contribution is 5.86. The summed E-state index contributed by atoms with van der Waals surface area (Å²) in [6.07, 6.45) is 0.140. The van der Waals surface area contributed by atoms with E-state index in [9.17, 15) is 9.59 Å². The molecule has 22 heavy (non-hydrogen) atoms. The number of carbonyl (C=O) groups is 2. The number of hydroxylamine groups is 1. The number of carbonyl (C=O) groups excluding carboxylic acids is 2. The monoisotopic (exact) mass is 306 g/mol. The quantitative estimate of drug-likeness (QED) is 0.866. The van der Waals surface area contributed by atoms with Gasteiger partial charge in [0, 0.05) is 6.54 Å². The van der Waals surface area contributed by atoms with Crippen LogP contribution in [0.4, 0.5) is 4.79 Å². The number of ether oxygens (including phenoxy) is 1. The maximum Gasteiger partial charge on any atom is 0.410 e. The van der Waals surface area contributed by atoms with Gasteiger partial charge in [-0.2, -0.15) is 0 Å². The van der Waals surface area contributed by atoms with Crippen molar-refractivity contribution in [3.8, 4) is 0 Å². The van der Waals surface area contributed by atoms with Gasteiger partial charge in [-0.25, -0.2) is 10.3 Å². The van der Waals surface area contributed by atoms with Gasteiger partial charge in [-0.3, -0.25) is 14.5 Å². The Balaban J connectivity index is 1.77.